The highest BCUT2D eigenvalue weighted by Gasteiger charge is 2.69. The molecule has 6 nitrogen and oxygen atoms in total. The molecule has 6 rings (SSSR count). The van der Waals surface area contributed by atoms with Crippen LogP contribution in [-0.2, 0) is 21.4 Å². The molecule has 3 fully saturated rings. The van der Waals surface area contributed by atoms with Crippen molar-refractivity contribution in [1.82, 2.24) is 5.32 Å². The first kappa shape index (κ1) is 31.8. The van der Waals surface area contributed by atoms with Crippen LogP contribution in [0.3, 0.4) is 0 Å². The normalized spacial score (nSPS) is 29.7. The Morgan fingerprint density at radius 2 is 1.89 bits per heavy atom. The third-order valence-electron chi connectivity index (χ3n) is 11.9. The monoisotopic (exact) mass is 605 g/mol. The van der Waals surface area contributed by atoms with E-state index in [0.717, 1.165) is 81.2 Å². The summed E-state index contributed by atoms with van der Waals surface area (Å²) in [5.41, 5.74) is 1.85. The number of allylic oxidation sites excluding steroid dienone is 2. The summed E-state index contributed by atoms with van der Waals surface area (Å²) in [7, 11) is 0. The lowest BCUT2D eigenvalue weighted by atomic mass is 9.49. The Balaban J connectivity index is 1.13. The minimum atomic E-state index is -0.847. The summed E-state index contributed by atoms with van der Waals surface area (Å²) < 4.78 is 6.80. The van der Waals surface area contributed by atoms with Gasteiger partial charge in [-0.2, -0.15) is 0 Å². The fraction of sp³-hybridized carbons (Fsp3) is 0.737. The zero-order chi connectivity index (χ0) is 30.7. The van der Waals surface area contributed by atoms with E-state index in [9.17, 15) is 19.8 Å². The van der Waals surface area contributed by atoms with Crippen molar-refractivity contribution in [3.63, 3.8) is 0 Å². The number of piperidine rings is 1. The highest BCUT2D eigenvalue weighted by atomic mass is 16.5. The van der Waals surface area contributed by atoms with Gasteiger partial charge in [0.2, 0.25) is 0 Å². The molecular formula is C38H55NO5. The molecule has 0 radical (unpaired) electrons. The molecule has 3 unspecified atom stereocenters. The van der Waals surface area contributed by atoms with Gasteiger partial charge in [0.05, 0.1) is 16.9 Å². The highest BCUT2D eigenvalue weighted by molar-refractivity contribution is 5.80. The Labute approximate surface area is 264 Å². The summed E-state index contributed by atoms with van der Waals surface area (Å²) in [4.78, 5) is 25.8. The predicted octanol–water partition coefficient (Wildman–Crippen LogP) is 7.54. The van der Waals surface area contributed by atoms with Crippen LogP contribution < -0.4 is 10.1 Å². The van der Waals surface area contributed by atoms with Crippen LogP contribution in [-0.4, -0.2) is 46.3 Å². The fourth-order valence-corrected chi connectivity index (χ4v) is 9.55. The van der Waals surface area contributed by atoms with Gasteiger partial charge >= 0.3 is 5.97 Å². The molecule has 44 heavy (non-hydrogen) atoms. The van der Waals surface area contributed by atoms with Crippen molar-refractivity contribution < 1.29 is 24.5 Å². The Morgan fingerprint density at radius 3 is 2.68 bits per heavy atom. The maximum atomic E-state index is 13.1. The van der Waals surface area contributed by atoms with Gasteiger partial charge in [0.15, 0.2) is 0 Å². The van der Waals surface area contributed by atoms with E-state index in [0.29, 0.717) is 18.8 Å². The molecule has 1 aromatic rings. The Bertz CT molecular complexity index is 1220. The fourth-order valence-electron chi connectivity index (χ4n) is 9.55. The van der Waals surface area contributed by atoms with Gasteiger partial charge in [-0.3, -0.25) is 9.59 Å². The third-order valence-corrected chi connectivity index (χ3v) is 11.9. The van der Waals surface area contributed by atoms with Crippen LogP contribution in [0.4, 0.5) is 0 Å². The van der Waals surface area contributed by atoms with Crippen molar-refractivity contribution in [2.45, 2.75) is 158 Å². The third kappa shape index (κ3) is 6.02. The first-order chi connectivity index (χ1) is 21.4. The van der Waals surface area contributed by atoms with Crippen molar-refractivity contribution in [2.24, 2.45) is 11.8 Å². The Morgan fingerprint density at radius 1 is 1.07 bits per heavy atom. The molecule has 2 saturated carbocycles. The van der Waals surface area contributed by atoms with Crippen molar-refractivity contribution >= 4 is 11.8 Å². The van der Waals surface area contributed by atoms with Crippen LogP contribution in [0.25, 0.3) is 0 Å². The lowest BCUT2D eigenvalue weighted by molar-refractivity contribution is -0.149. The summed E-state index contributed by atoms with van der Waals surface area (Å²) in [6, 6.07) is 4.19. The number of benzene rings is 1. The molecule has 1 aromatic carbocycles. The number of carbonyl (C=O) groups excluding carboxylic acids is 1. The topological polar surface area (TPSA) is 95.9 Å². The van der Waals surface area contributed by atoms with Gasteiger partial charge in [0.25, 0.3) is 0 Å². The van der Waals surface area contributed by atoms with E-state index >= 15 is 0 Å². The van der Waals surface area contributed by atoms with Crippen molar-refractivity contribution in [3.05, 3.63) is 41.0 Å². The van der Waals surface area contributed by atoms with Crippen LogP contribution >= 0.6 is 0 Å². The van der Waals surface area contributed by atoms with E-state index in [4.69, 9.17) is 4.74 Å². The van der Waals surface area contributed by atoms with E-state index in [1.54, 1.807) is 0 Å². The Hall–Kier alpha value is -2.18. The number of aliphatic hydroxyl groups is 1. The number of Topliss-reactive ketones (excluding diaryl/α,β-unsaturated/α-hetero) is 1. The van der Waals surface area contributed by atoms with Crippen LogP contribution in [0.2, 0.25) is 0 Å². The molecule has 1 saturated heterocycles. The summed E-state index contributed by atoms with van der Waals surface area (Å²) in [6.07, 6.45) is 22.7. The first-order valence-electron chi connectivity index (χ1n) is 18.1. The lowest BCUT2D eigenvalue weighted by Crippen LogP contribution is -2.74. The second-order valence-electron chi connectivity index (χ2n) is 14.8. The number of carbonyl (C=O) groups is 2. The summed E-state index contributed by atoms with van der Waals surface area (Å²) >= 11 is 0. The number of ether oxygens (including phenoxy) is 1. The number of ketones is 1. The number of unbranched alkanes of at least 4 members (excludes halogenated alkanes) is 6. The molecule has 2 aliphatic heterocycles. The zero-order valence-electron chi connectivity index (χ0n) is 27.0. The van der Waals surface area contributed by atoms with Crippen molar-refractivity contribution in [3.8, 4) is 5.75 Å². The number of carboxylic acid groups (broad SMARTS) is 1. The van der Waals surface area contributed by atoms with Crippen LogP contribution in [0.15, 0.2) is 24.3 Å². The van der Waals surface area contributed by atoms with Crippen LogP contribution in [0.5, 0.6) is 5.75 Å². The maximum absolute atomic E-state index is 13.1. The van der Waals surface area contributed by atoms with Crippen LogP contribution in [0, 0.1) is 11.8 Å². The molecule has 3 aliphatic carbocycles. The standard InChI is InChI=1S/C38H55NO5/c1-2-3-4-5-6-7-8-9-10-14-29(40)15-11-13-27(24-26-17-18-26)33(36(41)42)30-20-19-28-25-31-38(43)21-12-16-32-37(38,22-23-39-31)34(28)35(30)44-32/h9-10,19-20,26-27,31-33,39,43H,2-8,11-18,21-25H2,1H3,(H,41,42)/b10-9+/t27?,31?,32-,33?,37-,38-/m1/s1. The second-order valence-corrected chi connectivity index (χ2v) is 14.8. The van der Waals surface area contributed by atoms with Gasteiger partial charge in [-0.15, -0.1) is 0 Å². The van der Waals surface area contributed by atoms with E-state index in [2.05, 4.69) is 24.4 Å². The molecule has 0 amide bonds. The predicted molar refractivity (Wildman–Crippen MR) is 173 cm³/mol. The molecule has 3 N–H and O–H groups in total. The molecule has 1 spiro atoms. The minimum Gasteiger partial charge on any atom is -0.489 e. The SMILES string of the molecule is CCCCCCCC/C=C/CC(=O)CCCC(CC1CC1)C(C(=O)O)c1ccc2c3c1O[C@@H]1CCC[C@@]4(O)C(C2)NCC[C@]314. The smallest absolute Gasteiger partial charge is 0.311 e. The summed E-state index contributed by atoms with van der Waals surface area (Å²) in [6.45, 7) is 3.09. The zero-order valence-corrected chi connectivity index (χ0v) is 27.0. The number of aliphatic carboxylic acids is 1. The number of nitrogens with one attached hydrogen (secondary N) is 1. The highest BCUT2D eigenvalue weighted by Crippen LogP contribution is 2.64. The molecular weight excluding hydrogens is 550 g/mol. The molecule has 5 aliphatic rings. The average Bonchev–Trinajstić information content (AvgIpc) is 3.74. The number of carboxylic acids is 1. The molecule has 242 valence electrons. The maximum Gasteiger partial charge on any atom is 0.311 e. The number of hydrogen-bond donors (Lipinski definition) is 3. The van der Waals surface area contributed by atoms with Gasteiger partial charge < -0.3 is 20.3 Å². The van der Waals surface area contributed by atoms with Gasteiger partial charge in [-0.1, -0.05) is 76.2 Å². The second kappa shape index (κ2) is 13.7. The molecule has 6 heteroatoms. The lowest BCUT2D eigenvalue weighted by Gasteiger charge is -2.60. The van der Waals surface area contributed by atoms with Crippen LogP contribution in [0.1, 0.15) is 145 Å². The minimum absolute atomic E-state index is 0.0211. The average molecular weight is 606 g/mol. The molecule has 2 heterocycles. The Kier molecular flexibility index (Phi) is 9.87. The number of hydrogen-bond acceptors (Lipinski definition) is 5. The number of rotatable bonds is 18. The first-order valence-corrected chi connectivity index (χ1v) is 18.1. The molecule has 6 atom stereocenters. The van der Waals surface area contributed by atoms with Crippen molar-refractivity contribution in [1.29, 1.82) is 0 Å². The van der Waals surface area contributed by atoms with E-state index in [1.807, 2.05) is 12.1 Å². The van der Waals surface area contributed by atoms with Gasteiger partial charge in [0.1, 0.15) is 17.6 Å². The van der Waals surface area contributed by atoms with E-state index < -0.39 is 22.9 Å². The quantitative estimate of drug-likeness (QED) is 0.118. The van der Waals surface area contributed by atoms with E-state index in [-0.39, 0.29) is 23.8 Å². The summed E-state index contributed by atoms with van der Waals surface area (Å²) in [5, 5.41) is 26.6. The van der Waals surface area contributed by atoms with Gasteiger partial charge in [0, 0.05) is 30.0 Å². The van der Waals surface area contributed by atoms with Gasteiger partial charge in [-0.05, 0) is 88.2 Å². The largest absolute Gasteiger partial charge is 0.489 e. The van der Waals surface area contributed by atoms with Gasteiger partial charge in [-0.25, -0.2) is 0 Å². The molecule has 0 aromatic heterocycles. The summed E-state index contributed by atoms with van der Waals surface area (Å²) in [5.74, 6) is 0.129. The van der Waals surface area contributed by atoms with E-state index in [1.165, 1.54) is 56.9 Å². The molecule has 2 bridgehead atoms. The van der Waals surface area contributed by atoms with Crippen molar-refractivity contribution in [2.75, 3.05) is 6.54 Å².